The van der Waals surface area contributed by atoms with Crippen molar-refractivity contribution in [2.24, 2.45) is 0 Å². The molecule has 0 heterocycles. The van der Waals surface area contributed by atoms with Crippen LogP contribution in [0.25, 0.3) is 0 Å². The molecule has 2 rings (SSSR count). The first-order chi connectivity index (χ1) is 9.20. The van der Waals surface area contributed by atoms with E-state index in [1.54, 1.807) is 12.1 Å². The summed E-state index contributed by atoms with van der Waals surface area (Å²) in [6, 6.07) is 13.0. The first-order valence-corrected chi connectivity index (χ1v) is 5.96. The Kier molecular flexibility index (Phi) is 4.49. The molecule has 1 atom stereocenters. The van der Waals surface area contributed by atoms with Crippen LogP contribution < -0.4 is 4.74 Å². The molecule has 0 radical (unpaired) electrons. The minimum Gasteiger partial charge on any atom is -0.490 e. The minimum absolute atomic E-state index is 0.0443. The standard InChI is InChI=1S/C15H15FO3/c16-13-6-7-15(12(8-13)9-17)19-10-14(18)11-4-2-1-3-5-11/h1-8,14,17-18H,9-10H2. The van der Waals surface area contributed by atoms with Gasteiger partial charge < -0.3 is 14.9 Å². The van der Waals surface area contributed by atoms with Crippen molar-refractivity contribution in [1.29, 1.82) is 0 Å². The van der Waals surface area contributed by atoms with Gasteiger partial charge in [-0.1, -0.05) is 30.3 Å². The van der Waals surface area contributed by atoms with Crippen molar-refractivity contribution in [2.45, 2.75) is 12.7 Å². The Morgan fingerprint density at radius 1 is 1.11 bits per heavy atom. The lowest BCUT2D eigenvalue weighted by Gasteiger charge is -2.14. The molecular weight excluding hydrogens is 247 g/mol. The maximum atomic E-state index is 13.0. The van der Waals surface area contributed by atoms with E-state index in [9.17, 15) is 9.50 Å². The van der Waals surface area contributed by atoms with Gasteiger partial charge in [-0.3, -0.25) is 0 Å². The predicted octanol–water partition coefficient (Wildman–Crippen LogP) is 2.43. The van der Waals surface area contributed by atoms with E-state index in [-0.39, 0.29) is 13.2 Å². The Morgan fingerprint density at radius 3 is 2.53 bits per heavy atom. The highest BCUT2D eigenvalue weighted by Gasteiger charge is 2.10. The third-order valence-electron chi connectivity index (χ3n) is 2.77. The molecule has 0 aromatic heterocycles. The van der Waals surface area contributed by atoms with Crippen LogP contribution in [0.5, 0.6) is 5.75 Å². The van der Waals surface area contributed by atoms with Crippen molar-refractivity contribution in [3.63, 3.8) is 0 Å². The van der Waals surface area contributed by atoms with Gasteiger partial charge in [-0.2, -0.15) is 0 Å². The molecule has 0 bridgehead atoms. The van der Waals surface area contributed by atoms with Gasteiger partial charge in [0, 0.05) is 5.56 Å². The van der Waals surface area contributed by atoms with E-state index in [2.05, 4.69) is 0 Å². The Balaban J connectivity index is 2.03. The summed E-state index contributed by atoms with van der Waals surface area (Å²) in [5, 5.41) is 19.1. The van der Waals surface area contributed by atoms with Gasteiger partial charge in [0.2, 0.25) is 0 Å². The summed E-state index contributed by atoms with van der Waals surface area (Å²) in [4.78, 5) is 0. The summed E-state index contributed by atoms with van der Waals surface area (Å²) < 4.78 is 18.4. The van der Waals surface area contributed by atoms with Crippen molar-refractivity contribution in [2.75, 3.05) is 6.61 Å². The summed E-state index contributed by atoms with van der Waals surface area (Å²) in [6.07, 6.45) is -0.766. The number of benzene rings is 2. The first-order valence-electron chi connectivity index (χ1n) is 5.96. The summed E-state index contributed by atoms with van der Waals surface area (Å²) in [7, 11) is 0. The van der Waals surface area contributed by atoms with Gasteiger partial charge in [0.1, 0.15) is 24.3 Å². The van der Waals surface area contributed by atoms with E-state index >= 15 is 0 Å². The highest BCUT2D eigenvalue weighted by Crippen LogP contribution is 2.21. The predicted molar refractivity (Wildman–Crippen MR) is 69.2 cm³/mol. The molecule has 2 aromatic carbocycles. The molecule has 2 aromatic rings. The van der Waals surface area contributed by atoms with E-state index in [1.807, 2.05) is 18.2 Å². The molecule has 0 saturated carbocycles. The van der Waals surface area contributed by atoms with Gasteiger partial charge in [-0.05, 0) is 23.8 Å². The minimum atomic E-state index is -0.766. The van der Waals surface area contributed by atoms with Crippen LogP contribution in [-0.4, -0.2) is 16.8 Å². The molecule has 0 aliphatic heterocycles. The van der Waals surface area contributed by atoms with Gasteiger partial charge in [0.15, 0.2) is 0 Å². The average Bonchev–Trinajstić information content (AvgIpc) is 2.46. The quantitative estimate of drug-likeness (QED) is 0.870. The lowest BCUT2D eigenvalue weighted by molar-refractivity contribution is 0.106. The van der Waals surface area contributed by atoms with Crippen LogP contribution in [0.3, 0.4) is 0 Å². The zero-order valence-corrected chi connectivity index (χ0v) is 10.3. The molecular formula is C15H15FO3. The molecule has 2 N–H and O–H groups in total. The highest BCUT2D eigenvalue weighted by molar-refractivity contribution is 5.33. The van der Waals surface area contributed by atoms with Gasteiger partial charge in [0.25, 0.3) is 0 Å². The van der Waals surface area contributed by atoms with Gasteiger partial charge in [-0.25, -0.2) is 4.39 Å². The molecule has 0 saturated heterocycles. The summed E-state index contributed by atoms with van der Waals surface area (Å²) in [5.74, 6) is -0.0566. The van der Waals surface area contributed by atoms with Crippen LogP contribution in [0.4, 0.5) is 4.39 Å². The molecule has 3 nitrogen and oxygen atoms in total. The second kappa shape index (κ2) is 6.31. The third-order valence-corrected chi connectivity index (χ3v) is 2.77. The summed E-state index contributed by atoms with van der Waals surface area (Å²) in [5.41, 5.74) is 1.11. The molecule has 0 fully saturated rings. The van der Waals surface area contributed by atoms with E-state index in [0.29, 0.717) is 11.3 Å². The number of ether oxygens (including phenoxy) is 1. The van der Waals surface area contributed by atoms with Crippen molar-refractivity contribution in [3.05, 3.63) is 65.5 Å². The van der Waals surface area contributed by atoms with Crippen LogP contribution in [-0.2, 0) is 6.61 Å². The fraction of sp³-hybridized carbons (Fsp3) is 0.200. The molecule has 0 amide bonds. The molecule has 0 aliphatic carbocycles. The van der Waals surface area contributed by atoms with Gasteiger partial charge >= 0.3 is 0 Å². The van der Waals surface area contributed by atoms with Gasteiger partial charge in [-0.15, -0.1) is 0 Å². The van der Waals surface area contributed by atoms with E-state index in [1.165, 1.54) is 18.2 Å². The maximum absolute atomic E-state index is 13.0. The fourth-order valence-electron chi connectivity index (χ4n) is 1.75. The topological polar surface area (TPSA) is 49.7 Å². The number of aliphatic hydroxyl groups excluding tert-OH is 2. The SMILES string of the molecule is OCc1cc(F)ccc1OCC(O)c1ccccc1. The largest absolute Gasteiger partial charge is 0.490 e. The molecule has 0 aliphatic rings. The zero-order valence-electron chi connectivity index (χ0n) is 10.3. The monoisotopic (exact) mass is 262 g/mol. The van der Waals surface area contributed by atoms with Crippen LogP contribution in [0.15, 0.2) is 48.5 Å². The normalized spacial score (nSPS) is 12.2. The molecule has 19 heavy (non-hydrogen) atoms. The molecule has 4 heteroatoms. The Labute approximate surface area is 110 Å². The van der Waals surface area contributed by atoms with Crippen LogP contribution in [0, 0.1) is 5.82 Å². The van der Waals surface area contributed by atoms with Crippen LogP contribution in [0.2, 0.25) is 0 Å². The second-order valence-electron chi connectivity index (χ2n) is 4.15. The number of aliphatic hydroxyl groups is 2. The van der Waals surface area contributed by atoms with Crippen LogP contribution >= 0.6 is 0 Å². The molecule has 0 spiro atoms. The van der Waals surface area contributed by atoms with Crippen molar-refractivity contribution >= 4 is 0 Å². The van der Waals surface area contributed by atoms with Crippen molar-refractivity contribution in [3.8, 4) is 5.75 Å². The lowest BCUT2D eigenvalue weighted by atomic mass is 10.1. The van der Waals surface area contributed by atoms with Crippen molar-refractivity contribution in [1.82, 2.24) is 0 Å². The van der Waals surface area contributed by atoms with Crippen molar-refractivity contribution < 1.29 is 19.3 Å². The van der Waals surface area contributed by atoms with E-state index in [0.717, 1.165) is 5.56 Å². The average molecular weight is 262 g/mol. The Bertz CT molecular complexity index is 528. The van der Waals surface area contributed by atoms with E-state index in [4.69, 9.17) is 9.84 Å². The Hall–Kier alpha value is -1.91. The van der Waals surface area contributed by atoms with Crippen LogP contribution in [0.1, 0.15) is 17.2 Å². The fourth-order valence-corrected chi connectivity index (χ4v) is 1.75. The number of hydrogen-bond donors (Lipinski definition) is 2. The number of hydrogen-bond acceptors (Lipinski definition) is 3. The van der Waals surface area contributed by atoms with Gasteiger partial charge in [0.05, 0.1) is 6.61 Å². The molecule has 100 valence electrons. The summed E-state index contributed by atoms with van der Waals surface area (Å²) >= 11 is 0. The maximum Gasteiger partial charge on any atom is 0.125 e. The second-order valence-corrected chi connectivity index (χ2v) is 4.15. The highest BCUT2D eigenvalue weighted by atomic mass is 19.1. The number of rotatable bonds is 5. The Morgan fingerprint density at radius 2 is 1.84 bits per heavy atom. The summed E-state index contributed by atoms with van der Waals surface area (Å²) in [6.45, 7) is -0.267. The lowest BCUT2D eigenvalue weighted by Crippen LogP contribution is -2.10. The first kappa shape index (κ1) is 13.5. The molecule has 1 unspecified atom stereocenters. The van der Waals surface area contributed by atoms with E-state index < -0.39 is 11.9 Å². The zero-order chi connectivity index (χ0) is 13.7. The third kappa shape index (κ3) is 3.53. The number of halogens is 1. The smallest absolute Gasteiger partial charge is 0.125 e.